The zero-order valence-corrected chi connectivity index (χ0v) is 15.1. The van der Waals surface area contributed by atoms with Crippen molar-refractivity contribution < 1.29 is 13.2 Å². The van der Waals surface area contributed by atoms with Crippen LogP contribution in [0.15, 0.2) is 24.3 Å². The van der Waals surface area contributed by atoms with Crippen LogP contribution in [0, 0.1) is 0 Å². The highest BCUT2D eigenvalue weighted by Gasteiger charge is 2.34. The number of carbonyl (C=O) groups is 1. The minimum atomic E-state index is -3.37. The van der Waals surface area contributed by atoms with Gasteiger partial charge in [0.2, 0.25) is 5.91 Å². The van der Waals surface area contributed by atoms with Crippen molar-refractivity contribution in [2.24, 2.45) is 0 Å². The van der Waals surface area contributed by atoms with Crippen molar-refractivity contribution in [1.29, 1.82) is 0 Å². The first-order chi connectivity index (χ1) is 11.5. The smallest absolute Gasteiger partial charge is 0.282 e. The lowest BCUT2D eigenvalue weighted by Gasteiger charge is -2.35. The van der Waals surface area contributed by atoms with E-state index >= 15 is 0 Å². The molecule has 0 N–H and O–H groups in total. The fourth-order valence-electron chi connectivity index (χ4n) is 3.17. The van der Waals surface area contributed by atoms with E-state index in [0.29, 0.717) is 44.3 Å². The van der Waals surface area contributed by atoms with E-state index in [1.165, 1.54) is 4.31 Å². The number of halogens is 1. The molecule has 1 aromatic rings. The van der Waals surface area contributed by atoms with Gasteiger partial charge in [-0.1, -0.05) is 29.8 Å². The minimum Gasteiger partial charge on any atom is -0.340 e. The predicted molar refractivity (Wildman–Crippen MR) is 93.0 cm³/mol. The Balaban J connectivity index is 1.57. The fraction of sp³-hybridized carbons (Fsp3) is 0.562. The number of piperazine rings is 1. The topological polar surface area (TPSA) is 60.9 Å². The Bertz CT molecular complexity index is 696. The molecule has 2 fully saturated rings. The molecule has 2 saturated heterocycles. The summed E-state index contributed by atoms with van der Waals surface area (Å²) in [6, 6.07) is 7.30. The molecule has 6 nitrogen and oxygen atoms in total. The molecule has 8 heteroatoms. The van der Waals surface area contributed by atoms with E-state index in [1.54, 1.807) is 15.3 Å². The Morgan fingerprint density at radius 3 is 2.17 bits per heavy atom. The summed E-state index contributed by atoms with van der Waals surface area (Å²) in [5, 5.41) is 0.584. The van der Waals surface area contributed by atoms with Gasteiger partial charge in [0.1, 0.15) is 0 Å². The van der Waals surface area contributed by atoms with Crippen molar-refractivity contribution in [3.8, 4) is 0 Å². The number of amides is 1. The molecule has 0 bridgehead atoms. The SMILES string of the molecule is O=C(Cc1ccccc1Cl)N1CCN(S(=O)(=O)N2CCCC2)CC1. The molecule has 2 aliphatic heterocycles. The molecule has 2 heterocycles. The maximum Gasteiger partial charge on any atom is 0.282 e. The van der Waals surface area contributed by atoms with Crippen LogP contribution in [0.25, 0.3) is 0 Å². The molecule has 1 amide bonds. The summed E-state index contributed by atoms with van der Waals surface area (Å²) in [6.45, 7) is 2.77. The number of hydrogen-bond donors (Lipinski definition) is 0. The summed E-state index contributed by atoms with van der Waals surface area (Å²) < 4.78 is 28.1. The molecule has 0 aromatic heterocycles. The molecule has 132 valence electrons. The van der Waals surface area contributed by atoms with Gasteiger partial charge in [0.15, 0.2) is 0 Å². The highest BCUT2D eigenvalue weighted by Crippen LogP contribution is 2.20. The third-order valence-electron chi connectivity index (χ3n) is 4.61. The Morgan fingerprint density at radius 1 is 0.958 bits per heavy atom. The fourth-order valence-corrected chi connectivity index (χ4v) is 5.04. The molecule has 0 atom stereocenters. The number of nitrogens with zero attached hydrogens (tertiary/aromatic N) is 3. The number of carbonyl (C=O) groups excluding carboxylic acids is 1. The van der Waals surface area contributed by atoms with E-state index in [9.17, 15) is 13.2 Å². The maximum absolute atomic E-state index is 12.5. The molecule has 0 unspecified atom stereocenters. The number of hydrogen-bond acceptors (Lipinski definition) is 3. The molecule has 0 saturated carbocycles. The molecule has 2 aliphatic rings. The standard InChI is InChI=1S/C16H22ClN3O3S/c17-15-6-2-1-5-14(15)13-16(21)18-9-11-20(12-10-18)24(22,23)19-7-3-4-8-19/h1-2,5-6H,3-4,7-13H2. The van der Waals surface area contributed by atoms with E-state index in [-0.39, 0.29) is 12.3 Å². The summed E-state index contributed by atoms with van der Waals surface area (Å²) in [6.07, 6.45) is 2.10. The molecule has 24 heavy (non-hydrogen) atoms. The average Bonchev–Trinajstić information content (AvgIpc) is 3.12. The van der Waals surface area contributed by atoms with Gasteiger partial charge in [-0.15, -0.1) is 0 Å². The summed E-state index contributed by atoms with van der Waals surface area (Å²) in [5.41, 5.74) is 0.802. The van der Waals surface area contributed by atoms with Gasteiger partial charge in [-0.05, 0) is 24.5 Å². The first-order valence-corrected chi connectivity index (χ1v) is 10.0. The third-order valence-corrected chi connectivity index (χ3v) is 7.01. The van der Waals surface area contributed by atoms with E-state index in [4.69, 9.17) is 11.6 Å². The van der Waals surface area contributed by atoms with Gasteiger partial charge in [0, 0.05) is 44.3 Å². The van der Waals surface area contributed by atoms with Gasteiger partial charge in [-0.25, -0.2) is 0 Å². The Morgan fingerprint density at radius 2 is 1.54 bits per heavy atom. The normalized spacial score (nSPS) is 20.5. The lowest BCUT2D eigenvalue weighted by atomic mass is 10.1. The van der Waals surface area contributed by atoms with Crippen LogP contribution in [-0.2, 0) is 21.4 Å². The Hall–Kier alpha value is -1.15. The van der Waals surface area contributed by atoms with Gasteiger partial charge in [-0.3, -0.25) is 4.79 Å². The second-order valence-electron chi connectivity index (χ2n) is 6.16. The van der Waals surface area contributed by atoms with Gasteiger partial charge >= 0.3 is 0 Å². The highest BCUT2D eigenvalue weighted by atomic mass is 35.5. The summed E-state index contributed by atoms with van der Waals surface area (Å²) >= 11 is 6.10. The van der Waals surface area contributed by atoms with E-state index in [2.05, 4.69) is 0 Å². The molecular weight excluding hydrogens is 350 g/mol. The molecule has 1 aromatic carbocycles. The average molecular weight is 372 g/mol. The summed E-state index contributed by atoms with van der Waals surface area (Å²) in [7, 11) is -3.37. The Kier molecular flexibility index (Phi) is 5.44. The van der Waals surface area contributed by atoms with Gasteiger partial charge < -0.3 is 4.90 Å². The van der Waals surface area contributed by atoms with Crippen molar-refractivity contribution in [3.05, 3.63) is 34.9 Å². The highest BCUT2D eigenvalue weighted by molar-refractivity contribution is 7.86. The molecule has 3 rings (SSSR count). The second-order valence-corrected chi connectivity index (χ2v) is 8.50. The zero-order chi connectivity index (χ0) is 17.2. The Labute approximate surface area is 148 Å². The largest absolute Gasteiger partial charge is 0.340 e. The van der Waals surface area contributed by atoms with Crippen LogP contribution >= 0.6 is 11.6 Å². The van der Waals surface area contributed by atoms with Gasteiger partial charge in [0.05, 0.1) is 6.42 Å². The maximum atomic E-state index is 12.5. The van der Waals surface area contributed by atoms with Crippen molar-refractivity contribution in [3.63, 3.8) is 0 Å². The van der Waals surface area contributed by atoms with Crippen LogP contribution < -0.4 is 0 Å². The molecule has 0 radical (unpaired) electrons. The van der Waals surface area contributed by atoms with Crippen LogP contribution in [0.2, 0.25) is 5.02 Å². The van der Waals surface area contributed by atoms with E-state index in [0.717, 1.165) is 18.4 Å². The van der Waals surface area contributed by atoms with Crippen LogP contribution in [0.1, 0.15) is 18.4 Å². The van der Waals surface area contributed by atoms with Crippen molar-refractivity contribution in [2.45, 2.75) is 19.3 Å². The van der Waals surface area contributed by atoms with Gasteiger partial charge in [0.25, 0.3) is 10.2 Å². The van der Waals surface area contributed by atoms with Crippen LogP contribution in [0.4, 0.5) is 0 Å². The zero-order valence-electron chi connectivity index (χ0n) is 13.5. The summed E-state index contributed by atoms with van der Waals surface area (Å²) in [4.78, 5) is 14.1. The lowest BCUT2D eigenvalue weighted by Crippen LogP contribution is -2.54. The third kappa shape index (κ3) is 3.74. The van der Waals surface area contributed by atoms with Crippen molar-refractivity contribution in [2.75, 3.05) is 39.3 Å². The van der Waals surface area contributed by atoms with Crippen molar-refractivity contribution >= 4 is 27.7 Å². The lowest BCUT2D eigenvalue weighted by molar-refractivity contribution is -0.131. The van der Waals surface area contributed by atoms with Crippen LogP contribution in [0.5, 0.6) is 0 Å². The van der Waals surface area contributed by atoms with E-state index in [1.807, 2.05) is 18.2 Å². The molecular formula is C16H22ClN3O3S. The summed E-state index contributed by atoms with van der Waals surface area (Å²) in [5.74, 6) is -0.0127. The number of benzene rings is 1. The predicted octanol–water partition coefficient (Wildman–Crippen LogP) is 1.37. The first kappa shape index (κ1) is 17.7. The van der Waals surface area contributed by atoms with Crippen molar-refractivity contribution in [1.82, 2.24) is 13.5 Å². The van der Waals surface area contributed by atoms with Crippen LogP contribution in [0.3, 0.4) is 0 Å². The molecule has 0 aliphatic carbocycles. The van der Waals surface area contributed by atoms with Crippen LogP contribution in [-0.4, -0.2) is 67.1 Å². The van der Waals surface area contributed by atoms with Gasteiger partial charge in [-0.2, -0.15) is 17.0 Å². The minimum absolute atomic E-state index is 0.0127. The first-order valence-electron chi connectivity index (χ1n) is 8.25. The van der Waals surface area contributed by atoms with E-state index < -0.39 is 10.2 Å². The molecule has 0 spiro atoms. The quantitative estimate of drug-likeness (QED) is 0.803. The second kappa shape index (κ2) is 7.39. The monoisotopic (exact) mass is 371 g/mol. The number of rotatable bonds is 4.